The number of rotatable bonds is 9. The highest BCUT2D eigenvalue weighted by molar-refractivity contribution is 6.32. The first-order valence-electron chi connectivity index (χ1n) is 14.8. The molecule has 0 bridgehead atoms. The number of halogens is 1. The lowest BCUT2D eigenvalue weighted by Gasteiger charge is -2.32. The monoisotopic (exact) mass is 574 g/mol. The molecule has 41 heavy (non-hydrogen) atoms. The van der Waals surface area contributed by atoms with E-state index in [1.165, 1.54) is 10.9 Å². The van der Waals surface area contributed by atoms with Gasteiger partial charge in [0.25, 0.3) is 5.91 Å². The standard InChI is InChI=1S/C33H39ClN4O3/c1-36-17-19-37(20-18-36)14-4-13-35-33(39)25-8-10-32(29(34)22-25)40-26-11-15-38(16-12-26)23-24-7-9-31-28(21-24)27-5-2-3-6-30(27)41-31/h2-3,5-10,21-22,26H,4,11-20,23H2,1H3,(H,35,39). The van der Waals surface area contributed by atoms with E-state index in [1.807, 2.05) is 24.3 Å². The molecule has 0 saturated carbocycles. The first-order chi connectivity index (χ1) is 20.0. The number of piperidine rings is 1. The zero-order valence-corrected chi connectivity index (χ0v) is 24.5. The number of carbonyl (C=O) groups excluding carboxylic acids is 1. The van der Waals surface area contributed by atoms with Gasteiger partial charge in [-0.3, -0.25) is 9.69 Å². The first kappa shape index (κ1) is 28.0. The van der Waals surface area contributed by atoms with Crippen molar-refractivity contribution in [3.8, 4) is 5.75 Å². The lowest BCUT2D eigenvalue weighted by molar-refractivity contribution is 0.0947. The van der Waals surface area contributed by atoms with E-state index in [1.54, 1.807) is 6.07 Å². The molecule has 2 aliphatic heterocycles. The highest BCUT2D eigenvalue weighted by Crippen LogP contribution is 2.31. The molecule has 0 unspecified atom stereocenters. The molecule has 1 aromatic heterocycles. The summed E-state index contributed by atoms with van der Waals surface area (Å²) in [6, 6.07) is 20.1. The van der Waals surface area contributed by atoms with Crippen LogP contribution in [0.2, 0.25) is 5.02 Å². The van der Waals surface area contributed by atoms with Crippen LogP contribution in [0, 0.1) is 0 Å². The third kappa shape index (κ3) is 6.87. The third-order valence-corrected chi connectivity index (χ3v) is 8.70. The van der Waals surface area contributed by atoms with E-state index in [4.69, 9.17) is 20.8 Å². The van der Waals surface area contributed by atoms with Crippen molar-refractivity contribution < 1.29 is 13.9 Å². The maximum atomic E-state index is 12.7. The first-order valence-corrected chi connectivity index (χ1v) is 15.2. The van der Waals surface area contributed by atoms with Crippen molar-refractivity contribution in [2.45, 2.75) is 31.9 Å². The Morgan fingerprint density at radius 3 is 2.51 bits per heavy atom. The maximum absolute atomic E-state index is 12.7. The van der Waals surface area contributed by atoms with Crippen LogP contribution in [-0.2, 0) is 6.54 Å². The topological polar surface area (TPSA) is 61.2 Å². The van der Waals surface area contributed by atoms with E-state index < -0.39 is 0 Å². The summed E-state index contributed by atoms with van der Waals surface area (Å²) in [7, 11) is 2.16. The summed E-state index contributed by atoms with van der Waals surface area (Å²) in [5.74, 6) is 0.556. The number of likely N-dealkylation sites (tertiary alicyclic amines) is 1. The Morgan fingerprint density at radius 1 is 0.927 bits per heavy atom. The number of amides is 1. The Kier molecular flexibility index (Phi) is 8.77. The number of nitrogens with zero attached hydrogens (tertiary/aromatic N) is 3. The highest BCUT2D eigenvalue weighted by Gasteiger charge is 2.22. The van der Waals surface area contributed by atoms with Crippen LogP contribution in [0.1, 0.15) is 35.2 Å². The van der Waals surface area contributed by atoms with Crippen LogP contribution in [0.15, 0.2) is 65.1 Å². The van der Waals surface area contributed by atoms with Gasteiger partial charge in [0.1, 0.15) is 23.0 Å². The van der Waals surface area contributed by atoms with Crippen molar-refractivity contribution >= 4 is 39.4 Å². The Morgan fingerprint density at radius 2 is 1.71 bits per heavy atom. The molecule has 1 amide bonds. The highest BCUT2D eigenvalue weighted by atomic mass is 35.5. The quantitative estimate of drug-likeness (QED) is 0.261. The molecule has 8 heteroatoms. The van der Waals surface area contributed by atoms with E-state index in [2.05, 4.69) is 57.4 Å². The molecule has 1 N–H and O–H groups in total. The van der Waals surface area contributed by atoms with Crippen molar-refractivity contribution in [2.75, 3.05) is 59.4 Å². The molecule has 6 rings (SSSR count). The minimum Gasteiger partial charge on any atom is -0.489 e. The van der Waals surface area contributed by atoms with E-state index in [0.29, 0.717) is 22.9 Å². The largest absolute Gasteiger partial charge is 0.489 e. The Balaban J connectivity index is 0.954. The molecule has 216 valence electrons. The van der Waals surface area contributed by atoms with Gasteiger partial charge in [-0.25, -0.2) is 0 Å². The van der Waals surface area contributed by atoms with Crippen LogP contribution < -0.4 is 10.1 Å². The Labute approximate surface area is 247 Å². The second kappa shape index (κ2) is 12.8. The summed E-state index contributed by atoms with van der Waals surface area (Å²) in [6.45, 7) is 8.91. The number of hydrogen-bond acceptors (Lipinski definition) is 6. The van der Waals surface area contributed by atoms with Crippen LogP contribution in [0.4, 0.5) is 0 Å². The molecule has 0 spiro atoms. The van der Waals surface area contributed by atoms with Gasteiger partial charge in [0.05, 0.1) is 5.02 Å². The molecule has 4 aromatic rings. The van der Waals surface area contributed by atoms with Crippen molar-refractivity contribution in [3.05, 3.63) is 76.8 Å². The number of likely N-dealkylation sites (N-methyl/N-ethyl adjacent to an activating group) is 1. The van der Waals surface area contributed by atoms with Gasteiger partial charge < -0.3 is 24.3 Å². The zero-order valence-electron chi connectivity index (χ0n) is 23.8. The number of fused-ring (bicyclic) bond motifs is 3. The second-order valence-electron chi connectivity index (χ2n) is 11.4. The van der Waals surface area contributed by atoms with Crippen LogP contribution in [-0.4, -0.2) is 86.1 Å². The van der Waals surface area contributed by atoms with Gasteiger partial charge in [-0.15, -0.1) is 0 Å². The minimum absolute atomic E-state index is 0.0910. The zero-order chi connectivity index (χ0) is 28.2. The fourth-order valence-electron chi connectivity index (χ4n) is 5.91. The molecule has 2 saturated heterocycles. The fourth-order valence-corrected chi connectivity index (χ4v) is 6.14. The molecule has 2 fully saturated rings. The van der Waals surface area contributed by atoms with Crippen LogP contribution in [0.5, 0.6) is 5.75 Å². The van der Waals surface area contributed by atoms with Gasteiger partial charge in [-0.05, 0) is 74.8 Å². The Bertz CT molecular complexity index is 1490. The number of piperazine rings is 1. The minimum atomic E-state index is -0.0910. The van der Waals surface area contributed by atoms with Crippen molar-refractivity contribution in [1.82, 2.24) is 20.0 Å². The van der Waals surface area contributed by atoms with Gasteiger partial charge in [0.2, 0.25) is 0 Å². The van der Waals surface area contributed by atoms with Crippen molar-refractivity contribution in [1.29, 1.82) is 0 Å². The van der Waals surface area contributed by atoms with Crippen molar-refractivity contribution in [3.63, 3.8) is 0 Å². The van der Waals surface area contributed by atoms with Gasteiger partial charge in [-0.2, -0.15) is 0 Å². The lowest BCUT2D eigenvalue weighted by Crippen LogP contribution is -2.45. The van der Waals surface area contributed by atoms with E-state index >= 15 is 0 Å². The Hall–Kier alpha value is -3.10. The summed E-state index contributed by atoms with van der Waals surface area (Å²) in [6.07, 6.45) is 2.92. The molecule has 0 radical (unpaired) electrons. The molecule has 0 atom stereocenters. The number of furan rings is 1. The predicted molar refractivity (Wildman–Crippen MR) is 165 cm³/mol. The number of carbonyl (C=O) groups is 1. The number of para-hydroxylation sites is 1. The number of nitrogens with one attached hydrogen (secondary N) is 1. The summed E-state index contributed by atoms with van der Waals surface area (Å²) in [4.78, 5) is 19.9. The lowest BCUT2D eigenvalue weighted by atomic mass is 10.1. The molecular formula is C33H39ClN4O3. The summed E-state index contributed by atoms with van der Waals surface area (Å²) >= 11 is 6.55. The van der Waals surface area contributed by atoms with Gasteiger partial charge in [-0.1, -0.05) is 35.9 Å². The maximum Gasteiger partial charge on any atom is 0.251 e. The van der Waals surface area contributed by atoms with Gasteiger partial charge in [0.15, 0.2) is 0 Å². The summed E-state index contributed by atoms with van der Waals surface area (Å²) in [5, 5.41) is 5.85. The van der Waals surface area contributed by atoms with Crippen LogP contribution in [0.25, 0.3) is 21.9 Å². The van der Waals surface area contributed by atoms with Crippen molar-refractivity contribution in [2.24, 2.45) is 0 Å². The fraction of sp³-hybridized carbons (Fsp3) is 0.424. The molecule has 3 heterocycles. The average Bonchev–Trinajstić information content (AvgIpc) is 3.36. The predicted octanol–water partition coefficient (Wildman–Crippen LogP) is 5.65. The number of benzene rings is 3. The van der Waals surface area contributed by atoms with E-state index in [0.717, 1.165) is 88.2 Å². The summed E-state index contributed by atoms with van der Waals surface area (Å²) in [5.41, 5.74) is 3.73. The molecule has 3 aromatic carbocycles. The number of ether oxygens (including phenoxy) is 1. The molecule has 2 aliphatic rings. The smallest absolute Gasteiger partial charge is 0.251 e. The van der Waals surface area contributed by atoms with Crippen LogP contribution in [0.3, 0.4) is 0 Å². The normalized spacial score (nSPS) is 17.8. The second-order valence-corrected chi connectivity index (χ2v) is 11.8. The third-order valence-electron chi connectivity index (χ3n) is 8.40. The van der Waals surface area contributed by atoms with Gasteiger partial charge in [0, 0.05) is 68.7 Å². The summed E-state index contributed by atoms with van der Waals surface area (Å²) < 4.78 is 12.3. The van der Waals surface area contributed by atoms with E-state index in [-0.39, 0.29) is 12.0 Å². The van der Waals surface area contributed by atoms with Gasteiger partial charge >= 0.3 is 0 Å². The average molecular weight is 575 g/mol. The molecular weight excluding hydrogens is 536 g/mol. The molecule has 7 nitrogen and oxygen atoms in total. The molecule has 0 aliphatic carbocycles. The van der Waals surface area contributed by atoms with Crippen LogP contribution >= 0.6 is 11.6 Å². The van der Waals surface area contributed by atoms with E-state index in [9.17, 15) is 4.79 Å². The SMILES string of the molecule is CN1CCN(CCCNC(=O)c2ccc(OC3CCN(Cc4ccc5oc6ccccc6c5c4)CC3)c(Cl)c2)CC1. The number of hydrogen-bond donors (Lipinski definition) is 1.